The second kappa shape index (κ2) is 4.40. The van der Waals surface area contributed by atoms with Crippen LogP contribution in [0.1, 0.15) is 39.5 Å². The zero-order valence-electron chi connectivity index (χ0n) is 9.96. The van der Waals surface area contributed by atoms with E-state index in [9.17, 15) is 4.39 Å². The molecule has 2 rings (SSSR count). The Morgan fingerprint density at radius 2 is 2.31 bits per heavy atom. The largest absolute Gasteiger partial charge is 0.365 e. The molecule has 1 aliphatic carbocycles. The molecule has 1 fully saturated rings. The van der Waals surface area contributed by atoms with Gasteiger partial charge in [0, 0.05) is 12.2 Å². The maximum Gasteiger partial charge on any atom is 0.165 e. The average Bonchev–Trinajstić information content (AvgIpc) is 2.20. The van der Waals surface area contributed by atoms with E-state index >= 15 is 0 Å². The highest BCUT2D eigenvalue weighted by Crippen LogP contribution is 2.36. The molecule has 88 valence electrons. The fourth-order valence-corrected chi connectivity index (χ4v) is 2.51. The number of hydrogen-bond acceptors (Lipinski definition) is 2. The number of nitrogens with one attached hydrogen (secondary N) is 1. The van der Waals surface area contributed by atoms with Gasteiger partial charge in [-0.05, 0) is 36.8 Å². The predicted octanol–water partition coefficient (Wildman–Crippen LogP) is 3.60. The smallest absolute Gasteiger partial charge is 0.165 e. The molecule has 1 saturated carbocycles. The fourth-order valence-electron chi connectivity index (χ4n) is 2.51. The summed E-state index contributed by atoms with van der Waals surface area (Å²) in [6.07, 6.45) is 6.29. The molecule has 0 aliphatic heterocycles. The molecule has 1 heterocycles. The van der Waals surface area contributed by atoms with Crippen LogP contribution in [0.3, 0.4) is 0 Å². The van der Waals surface area contributed by atoms with Crippen molar-refractivity contribution < 1.29 is 4.39 Å². The van der Waals surface area contributed by atoms with Gasteiger partial charge in [0.15, 0.2) is 11.6 Å². The van der Waals surface area contributed by atoms with Crippen LogP contribution >= 0.6 is 0 Å². The zero-order valence-corrected chi connectivity index (χ0v) is 9.96. The lowest BCUT2D eigenvalue weighted by molar-refractivity contribution is 0.229. The van der Waals surface area contributed by atoms with Gasteiger partial charge in [0.2, 0.25) is 0 Å². The number of rotatable bonds is 2. The van der Waals surface area contributed by atoms with E-state index in [0.29, 0.717) is 17.3 Å². The fraction of sp³-hybridized carbons (Fsp3) is 0.615. The van der Waals surface area contributed by atoms with Gasteiger partial charge in [0.1, 0.15) is 0 Å². The first-order chi connectivity index (χ1) is 7.57. The van der Waals surface area contributed by atoms with Gasteiger partial charge in [-0.2, -0.15) is 0 Å². The van der Waals surface area contributed by atoms with Crippen LogP contribution in [-0.2, 0) is 0 Å². The molecule has 0 aromatic carbocycles. The molecule has 3 heteroatoms. The van der Waals surface area contributed by atoms with Gasteiger partial charge in [-0.3, -0.25) is 0 Å². The summed E-state index contributed by atoms with van der Waals surface area (Å²) < 4.78 is 13.4. The molecule has 0 amide bonds. The van der Waals surface area contributed by atoms with Crippen molar-refractivity contribution in [3.8, 4) is 0 Å². The molecule has 1 unspecified atom stereocenters. The summed E-state index contributed by atoms with van der Waals surface area (Å²) in [5, 5.41) is 3.22. The summed E-state index contributed by atoms with van der Waals surface area (Å²) in [6.45, 7) is 4.55. The van der Waals surface area contributed by atoms with Crippen molar-refractivity contribution in [2.24, 2.45) is 5.41 Å². The first-order valence-electron chi connectivity index (χ1n) is 5.94. The minimum Gasteiger partial charge on any atom is -0.365 e. The number of pyridine rings is 1. The first kappa shape index (κ1) is 11.4. The Hall–Kier alpha value is -1.12. The SMILES string of the molecule is CC1(C)CCCC(Nc2ncccc2F)C1. The van der Waals surface area contributed by atoms with Crippen LogP contribution in [0.5, 0.6) is 0 Å². The molecule has 1 aromatic heterocycles. The highest BCUT2D eigenvalue weighted by Gasteiger charge is 2.28. The summed E-state index contributed by atoms with van der Waals surface area (Å²) in [5.74, 6) is 0.135. The summed E-state index contributed by atoms with van der Waals surface area (Å²) >= 11 is 0. The van der Waals surface area contributed by atoms with Gasteiger partial charge in [0.25, 0.3) is 0 Å². The lowest BCUT2D eigenvalue weighted by Gasteiger charge is -2.35. The van der Waals surface area contributed by atoms with Crippen molar-refractivity contribution in [2.75, 3.05) is 5.32 Å². The Morgan fingerprint density at radius 1 is 1.50 bits per heavy atom. The van der Waals surface area contributed by atoms with E-state index in [1.165, 1.54) is 18.9 Å². The Balaban J connectivity index is 2.02. The van der Waals surface area contributed by atoms with Gasteiger partial charge < -0.3 is 5.32 Å². The van der Waals surface area contributed by atoms with Gasteiger partial charge >= 0.3 is 0 Å². The highest BCUT2D eigenvalue weighted by atomic mass is 19.1. The number of nitrogens with zero attached hydrogens (tertiary/aromatic N) is 1. The molecule has 1 aliphatic rings. The summed E-state index contributed by atoms with van der Waals surface area (Å²) in [7, 11) is 0. The molecule has 0 radical (unpaired) electrons. The number of anilines is 1. The molecule has 0 bridgehead atoms. The van der Waals surface area contributed by atoms with E-state index in [1.807, 2.05) is 0 Å². The Kier molecular flexibility index (Phi) is 3.13. The zero-order chi connectivity index (χ0) is 11.6. The highest BCUT2D eigenvalue weighted by molar-refractivity contribution is 5.36. The second-order valence-electron chi connectivity index (χ2n) is 5.44. The molecule has 2 nitrogen and oxygen atoms in total. The quantitative estimate of drug-likeness (QED) is 0.827. The number of aromatic nitrogens is 1. The second-order valence-corrected chi connectivity index (χ2v) is 5.44. The van der Waals surface area contributed by atoms with Crippen LogP contribution < -0.4 is 5.32 Å². The van der Waals surface area contributed by atoms with Gasteiger partial charge in [-0.25, -0.2) is 9.37 Å². The maximum atomic E-state index is 13.4. The van der Waals surface area contributed by atoms with E-state index in [-0.39, 0.29) is 5.82 Å². The van der Waals surface area contributed by atoms with Gasteiger partial charge in [-0.1, -0.05) is 20.3 Å². The summed E-state index contributed by atoms with van der Waals surface area (Å²) in [5.41, 5.74) is 0.362. The van der Waals surface area contributed by atoms with Crippen molar-refractivity contribution in [1.29, 1.82) is 0 Å². The van der Waals surface area contributed by atoms with Gasteiger partial charge in [-0.15, -0.1) is 0 Å². The molecular formula is C13H19FN2. The van der Waals surface area contributed by atoms with Crippen molar-refractivity contribution in [3.05, 3.63) is 24.1 Å². The normalized spacial score (nSPS) is 24.1. The Bertz CT molecular complexity index is 363. The minimum atomic E-state index is -0.258. The lowest BCUT2D eigenvalue weighted by atomic mass is 9.75. The van der Waals surface area contributed by atoms with E-state index < -0.39 is 0 Å². The molecule has 1 aromatic rings. The molecule has 16 heavy (non-hydrogen) atoms. The summed E-state index contributed by atoms with van der Waals surface area (Å²) in [4.78, 5) is 4.03. The van der Waals surface area contributed by atoms with E-state index in [4.69, 9.17) is 0 Å². The maximum absolute atomic E-state index is 13.4. The van der Waals surface area contributed by atoms with Gasteiger partial charge in [0.05, 0.1) is 0 Å². The van der Waals surface area contributed by atoms with Crippen molar-refractivity contribution in [3.63, 3.8) is 0 Å². The molecule has 0 spiro atoms. The third-order valence-electron chi connectivity index (χ3n) is 3.30. The van der Waals surface area contributed by atoms with Crippen molar-refractivity contribution in [1.82, 2.24) is 4.98 Å². The third-order valence-corrected chi connectivity index (χ3v) is 3.30. The topological polar surface area (TPSA) is 24.9 Å². The van der Waals surface area contributed by atoms with Crippen LogP contribution in [0.4, 0.5) is 10.2 Å². The average molecular weight is 222 g/mol. The minimum absolute atomic E-state index is 0.258. The van der Waals surface area contributed by atoms with Crippen LogP contribution in [0.15, 0.2) is 18.3 Å². The number of halogens is 1. The monoisotopic (exact) mass is 222 g/mol. The van der Waals surface area contributed by atoms with E-state index in [0.717, 1.165) is 12.8 Å². The molecule has 1 atom stereocenters. The van der Waals surface area contributed by atoms with Crippen LogP contribution in [0.2, 0.25) is 0 Å². The first-order valence-corrected chi connectivity index (χ1v) is 5.94. The van der Waals surface area contributed by atoms with Crippen molar-refractivity contribution in [2.45, 2.75) is 45.6 Å². The number of hydrogen-bond donors (Lipinski definition) is 1. The summed E-state index contributed by atoms with van der Waals surface area (Å²) in [6, 6.07) is 3.42. The standard InChI is InChI=1S/C13H19FN2/c1-13(2)7-3-5-10(9-13)16-12-11(14)6-4-8-15-12/h4,6,8,10H,3,5,7,9H2,1-2H3,(H,15,16). The molecule has 1 N–H and O–H groups in total. The lowest BCUT2D eigenvalue weighted by Crippen LogP contribution is -2.32. The van der Waals surface area contributed by atoms with Crippen molar-refractivity contribution >= 4 is 5.82 Å². The molecular weight excluding hydrogens is 203 g/mol. The Morgan fingerprint density at radius 3 is 3.00 bits per heavy atom. The molecule has 0 saturated heterocycles. The Labute approximate surface area is 96.3 Å². The van der Waals surface area contributed by atoms with Crippen LogP contribution in [0, 0.1) is 11.2 Å². The van der Waals surface area contributed by atoms with Crippen LogP contribution in [-0.4, -0.2) is 11.0 Å². The predicted molar refractivity (Wildman–Crippen MR) is 63.9 cm³/mol. The third kappa shape index (κ3) is 2.71. The van der Waals surface area contributed by atoms with E-state index in [1.54, 1.807) is 12.3 Å². The van der Waals surface area contributed by atoms with Crippen LogP contribution in [0.25, 0.3) is 0 Å². The van der Waals surface area contributed by atoms with E-state index in [2.05, 4.69) is 24.1 Å².